The van der Waals surface area contributed by atoms with Crippen molar-refractivity contribution >= 4 is 30.2 Å². The molecule has 50 heavy (non-hydrogen) atoms. The van der Waals surface area contributed by atoms with Crippen LogP contribution >= 0.6 is 0 Å². The molecular weight excluding hydrogens is 650 g/mol. The smallest absolute Gasteiger partial charge is 0.408 e. The summed E-state index contributed by atoms with van der Waals surface area (Å²) >= 11 is 0. The largest absolute Gasteiger partial charge is 0.550 e. The summed E-state index contributed by atoms with van der Waals surface area (Å²) in [4.78, 5) is 58.9. The molecule has 2 aliphatic carbocycles. The van der Waals surface area contributed by atoms with Crippen molar-refractivity contribution in [2.45, 2.75) is 125 Å². The van der Waals surface area contributed by atoms with Crippen LogP contribution in [0.1, 0.15) is 107 Å². The summed E-state index contributed by atoms with van der Waals surface area (Å²) < 4.78 is 21.1. The van der Waals surface area contributed by atoms with Gasteiger partial charge in [0.2, 0.25) is 0 Å². The first-order valence-corrected chi connectivity index (χ1v) is 17.4. The summed E-state index contributed by atoms with van der Waals surface area (Å²) in [5.74, 6) is -1.49. The highest BCUT2D eigenvalue weighted by Crippen LogP contribution is 2.46. The molecule has 5 unspecified atom stereocenters. The first-order chi connectivity index (χ1) is 23.0. The van der Waals surface area contributed by atoms with Gasteiger partial charge in [-0.25, -0.2) is 19.3 Å². The SMILES string of the molecule is CC(=O)[O-].CNC1CC(C)(C)CC(C)(CNC(=O)OCCC(C)OC(=O)NC2CC(C)(C)CC(C)(CNC(=O)OCN(C)COC(C)=O)C2)C1. The third-order valence-corrected chi connectivity index (χ3v) is 8.91. The van der Waals surface area contributed by atoms with E-state index in [9.17, 15) is 19.2 Å². The second kappa shape index (κ2) is 19.9. The van der Waals surface area contributed by atoms with Crippen LogP contribution in [0.25, 0.3) is 0 Å². The van der Waals surface area contributed by atoms with Crippen molar-refractivity contribution in [2.24, 2.45) is 21.7 Å². The molecule has 0 aromatic heterocycles. The lowest BCUT2D eigenvalue weighted by molar-refractivity contribution is -0.302. The zero-order valence-corrected chi connectivity index (χ0v) is 32.2. The number of rotatable bonds is 14. The Morgan fingerprint density at radius 3 is 1.72 bits per heavy atom. The van der Waals surface area contributed by atoms with Gasteiger partial charge in [0, 0.05) is 44.5 Å². The van der Waals surface area contributed by atoms with E-state index >= 15 is 0 Å². The maximum absolute atomic E-state index is 12.8. The average Bonchev–Trinajstić information content (AvgIpc) is 2.94. The lowest BCUT2D eigenvalue weighted by atomic mass is 9.62. The fourth-order valence-electron chi connectivity index (χ4n) is 7.68. The van der Waals surface area contributed by atoms with Crippen molar-refractivity contribution in [3.63, 3.8) is 0 Å². The Bertz CT molecular complexity index is 1130. The number of nitrogens with zero attached hydrogens (tertiary/aromatic N) is 1. The Kier molecular flexibility index (Phi) is 17.8. The molecule has 0 spiro atoms. The molecule has 0 heterocycles. The number of carbonyl (C=O) groups is 5. The van der Waals surface area contributed by atoms with Crippen molar-refractivity contribution in [1.29, 1.82) is 0 Å². The number of ether oxygens (including phenoxy) is 4. The van der Waals surface area contributed by atoms with Crippen LogP contribution in [0.2, 0.25) is 0 Å². The molecular formula is C35H64N5O10-. The van der Waals surface area contributed by atoms with E-state index in [1.807, 2.05) is 7.05 Å². The van der Waals surface area contributed by atoms with Crippen LogP contribution < -0.4 is 26.4 Å². The summed E-state index contributed by atoms with van der Waals surface area (Å²) in [6.07, 6.45) is 3.79. The van der Waals surface area contributed by atoms with Crippen molar-refractivity contribution < 1.29 is 48.0 Å². The van der Waals surface area contributed by atoms with Crippen molar-refractivity contribution in [3.8, 4) is 0 Å². The van der Waals surface area contributed by atoms with Crippen molar-refractivity contribution in [1.82, 2.24) is 26.2 Å². The van der Waals surface area contributed by atoms with Gasteiger partial charge in [-0.1, -0.05) is 41.5 Å². The van der Waals surface area contributed by atoms with E-state index in [0.717, 1.165) is 39.0 Å². The standard InChI is InChI=1S/C33H61N5O8.C2H4O2/c1-23(11-12-43-27(40)35-19-32(7)15-25(34-9)13-30(3,4)17-32)46-29(42)37-26-14-31(5,6)18-33(8,16-26)20-36-28(41)45-22-38(10)21-44-24(2)39;1-2(3)4/h23,25-26,34H,11-22H2,1-10H3,(H,35,40)(H,36,41)(H,37,42);1H3,(H,3,4)/p-1. The number of alkyl carbamates (subject to hydrolysis) is 3. The predicted octanol–water partition coefficient (Wildman–Crippen LogP) is 3.50. The molecule has 2 aliphatic rings. The molecule has 0 aromatic rings. The fourth-order valence-corrected chi connectivity index (χ4v) is 7.68. The van der Waals surface area contributed by atoms with Crippen LogP contribution in [0.5, 0.6) is 0 Å². The fraction of sp³-hybridized carbons (Fsp3) is 0.857. The molecule has 2 rings (SSSR count). The normalized spacial score (nSPS) is 25.8. The van der Waals surface area contributed by atoms with E-state index in [2.05, 4.69) is 62.8 Å². The number of carboxylic acids is 1. The van der Waals surface area contributed by atoms with Crippen LogP contribution in [0.15, 0.2) is 0 Å². The van der Waals surface area contributed by atoms with Gasteiger partial charge in [-0.2, -0.15) is 0 Å². The lowest BCUT2D eigenvalue weighted by Gasteiger charge is -2.46. The Labute approximate surface area is 298 Å². The molecule has 290 valence electrons. The first-order valence-electron chi connectivity index (χ1n) is 17.4. The minimum absolute atomic E-state index is 0.0174. The second-order valence-corrected chi connectivity index (χ2v) is 16.5. The third-order valence-electron chi connectivity index (χ3n) is 8.91. The minimum atomic E-state index is -1.08. The number of hydrogen-bond donors (Lipinski definition) is 4. The van der Waals surface area contributed by atoms with Gasteiger partial charge in [0.05, 0.1) is 6.61 Å². The molecule has 0 aliphatic heterocycles. The average molecular weight is 715 g/mol. The zero-order chi connectivity index (χ0) is 38.3. The number of nitrogens with one attached hydrogen (secondary N) is 4. The molecule has 2 saturated carbocycles. The van der Waals surface area contributed by atoms with Crippen molar-refractivity contribution in [3.05, 3.63) is 0 Å². The topological polar surface area (TPSA) is 197 Å². The molecule has 5 atom stereocenters. The lowest BCUT2D eigenvalue weighted by Crippen LogP contribution is -2.51. The minimum Gasteiger partial charge on any atom is -0.550 e. The monoisotopic (exact) mass is 714 g/mol. The molecule has 0 aromatic carbocycles. The summed E-state index contributed by atoms with van der Waals surface area (Å²) in [5, 5.41) is 21.1. The number of esters is 1. The molecule has 15 nitrogen and oxygen atoms in total. The van der Waals surface area contributed by atoms with Gasteiger partial charge in [-0.05, 0) is 88.1 Å². The van der Waals surface area contributed by atoms with Gasteiger partial charge >= 0.3 is 24.2 Å². The van der Waals surface area contributed by atoms with E-state index in [-0.39, 0.29) is 47.8 Å². The third kappa shape index (κ3) is 19.2. The molecule has 0 bridgehead atoms. The van der Waals surface area contributed by atoms with Crippen LogP contribution in [-0.2, 0) is 28.5 Å². The van der Waals surface area contributed by atoms with E-state index in [0.29, 0.717) is 32.0 Å². The molecule has 3 amide bonds. The summed E-state index contributed by atoms with van der Waals surface area (Å²) in [5.41, 5.74) is -0.182. The van der Waals surface area contributed by atoms with Gasteiger partial charge in [0.15, 0.2) is 0 Å². The zero-order valence-electron chi connectivity index (χ0n) is 32.2. The summed E-state index contributed by atoms with van der Waals surface area (Å²) in [6.45, 7) is 18.2. The van der Waals surface area contributed by atoms with E-state index in [1.165, 1.54) is 6.92 Å². The number of amides is 3. The van der Waals surface area contributed by atoms with Crippen LogP contribution in [0.4, 0.5) is 14.4 Å². The molecule has 0 saturated heterocycles. The van der Waals surface area contributed by atoms with Gasteiger partial charge in [-0.3, -0.25) is 4.79 Å². The van der Waals surface area contributed by atoms with Gasteiger partial charge in [0.25, 0.3) is 0 Å². The molecule has 2 fully saturated rings. The molecule has 4 N–H and O–H groups in total. The maximum atomic E-state index is 12.8. The highest BCUT2D eigenvalue weighted by Gasteiger charge is 2.43. The quantitative estimate of drug-likeness (QED) is 0.116. The Morgan fingerprint density at radius 1 is 0.760 bits per heavy atom. The summed E-state index contributed by atoms with van der Waals surface area (Å²) in [7, 11) is 3.66. The van der Waals surface area contributed by atoms with Crippen LogP contribution in [0.3, 0.4) is 0 Å². The highest BCUT2D eigenvalue weighted by atomic mass is 16.6. The number of aliphatic carboxylic acids is 1. The van der Waals surface area contributed by atoms with Gasteiger partial charge in [0.1, 0.15) is 19.6 Å². The molecule has 15 heteroatoms. The number of hydrogen-bond acceptors (Lipinski definition) is 12. The maximum Gasteiger partial charge on any atom is 0.408 e. The second-order valence-electron chi connectivity index (χ2n) is 16.5. The van der Waals surface area contributed by atoms with E-state index < -0.39 is 36.3 Å². The van der Waals surface area contributed by atoms with E-state index in [4.69, 9.17) is 28.8 Å². The Balaban J connectivity index is 0.00000295. The van der Waals surface area contributed by atoms with Crippen molar-refractivity contribution in [2.75, 3.05) is 47.3 Å². The first kappa shape index (κ1) is 44.7. The van der Waals surface area contributed by atoms with Crippen LogP contribution in [0, 0.1) is 21.7 Å². The molecule has 0 radical (unpaired) electrons. The van der Waals surface area contributed by atoms with Gasteiger partial charge in [-0.15, -0.1) is 0 Å². The number of carbonyl (C=O) groups excluding carboxylic acids is 5. The Hall–Kier alpha value is -3.33. The Morgan fingerprint density at radius 2 is 1.22 bits per heavy atom. The summed E-state index contributed by atoms with van der Waals surface area (Å²) in [6, 6.07) is 0.278. The van der Waals surface area contributed by atoms with E-state index in [1.54, 1.807) is 18.9 Å². The highest BCUT2D eigenvalue weighted by molar-refractivity contribution is 5.68. The predicted molar refractivity (Wildman–Crippen MR) is 186 cm³/mol. The van der Waals surface area contributed by atoms with Crippen LogP contribution in [-0.4, -0.2) is 101 Å². The number of carboxylic acid groups (broad SMARTS) is 1. The van der Waals surface area contributed by atoms with Gasteiger partial charge < -0.3 is 50.1 Å².